The number of hydrogen-bond acceptors (Lipinski definition) is 7. The second-order valence-corrected chi connectivity index (χ2v) is 14.3. The van der Waals surface area contributed by atoms with Gasteiger partial charge in [-0.1, -0.05) is 49.7 Å². The van der Waals surface area contributed by atoms with Crippen LogP contribution in [0.5, 0.6) is 0 Å². The van der Waals surface area contributed by atoms with Crippen molar-refractivity contribution >= 4 is 53.0 Å². The lowest BCUT2D eigenvalue weighted by Gasteiger charge is -2.50. The van der Waals surface area contributed by atoms with E-state index in [4.69, 9.17) is 27.9 Å². The average Bonchev–Trinajstić information content (AvgIpc) is 3.47. The second kappa shape index (κ2) is 13.3. The van der Waals surface area contributed by atoms with E-state index in [0.29, 0.717) is 44.3 Å². The van der Waals surface area contributed by atoms with Crippen LogP contribution in [0.4, 0.5) is 10.2 Å². The summed E-state index contributed by atoms with van der Waals surface area (Å²) >= 11 is 12.0. The van der Waals surface area contributed by atoms with Crippen molar-refractivity contribution in [1.29, 1.82) is 0 Å². The molecule has 1 aliphatic carbocycles. The third-order valence-corrected chi connectivity index (χ3v) is 10.6. The maximum atomic E-state index is 16.7. The SMILES string of the molecule is C=C(Cl)N=C/C=C(\F)[C@H]1[C@H](C(=O)N[C@@H]2CC[C@@H](C(=O)N(CC)CC)OC2)NC2(CCC(C)(C)CC2)[C@@]12C(=O)Nc1nc(Cl)ccc12. The van der Waals surface area contributed by atoms with Crippen molar-refractivity contribution in [2.75, 3.05) is 25.0 Å². The van der Waals surface area contributed by atoms with Crippen molar-refractivity contribution in [3.63, 3.8) is 0 Å². The maximum Gasteiger partial charge on any atom is 0.251 e. The lowest BCUT2D eigenvalue weighted by atomic mass is 9.54. The van der Waals surface area contributed by atoms with Gasteiger partial charge >= 0.3 is 0 Å². The summed E-state index contributed by atoms with van der Waals surface area (Å²) in [6.45, 7) is 13.0. The minimum Gasteiger partial charge on any atom is -0.366 e. The average molecular weight is 678 g/mol. The van der Waals surface area contributed by atoms with E-state index in [0.717, 1.165) is 18.9 Å². The number of carbonyl (C=O) groups excluding carboxylic acids is 3. The summed E-state index contributed by atoms with van der Waals surface area (Å²) in [5.74, 6) is -2.67. The molecule has 46 heavy (non-hydrogen) atoms. The van der Waals surface area contributed by atoms with Crippen LogP contribution >= 0.6 is 23.2 Å². The molecule has 0 bridgehead atoms. The molecular weight excluding hydrogens is 634 g/mol. The fourth-order valence-corrected chi connectivity index (χ4v) is 8.07. The number of halogens is 3. The number of rotatable bonds is 8. The number of allylic oxidation sites excluding steroid dienone is 1. The molecule has 3 amide bonds. The predicted octanol–water partition coefficient (Wildman–Crippen LogP) is 5.02. The van der Waals surface area contributed by atoms with Gasteiger partial charge in [-0.15, -0.1) is 0 Å². The molecule has 3 fully saturated rings. The fourth-order valence-electron chi connectivity index (χ4n) is 7.86. The summed E-state index contributed by atoms with van der Waals surface area (Å²) in [4.78, 5) is 51.5. The standard InChI is InChI=1S/C33H43Cl2FN6O4/c1-6-42(7-2)29(44)23-10-8-20(18-46-23)38-28(43)26-25(22(36)12-17-37-19(3)34)33(32(41-26)15-13-31(4,5)14-16-32)21-9-11-24(35)39-27(21)40-30(33)45/h9,11-12,17,20,23,25-26,41H,3,6-8,10,13-16,18H2,1-2,4-5H3,(H,38,43)(H,39,40,45)/b22-12-,37-17?/t20-,23+,25+,26-,33-/m1/s1. The van der Waals surface area contributed by atoms with Crippen LogP contribution in [0.3, 0.4) is 0 Å². The number of aliphatic imine (C=N–C) groups is 1. The van der Waals surface area contributed by atoms with E-state index in [2.05, 4.69) is 46.4 Å². The number of nitrogens with zero attached hydrogens (tertiary/aromatic N) is 3. The summed E-state index contributed by atoms with van der Waals surface area (Å²) in [6, 6.07) is 1.77. The number of amides is 3. The van der Waals surface area contributed by atoms with Crippen LogP contribution in [0.1, 0.15) is 71.8 Å². The van der Waals surface area contributed by atoms with Crippen LogP contribution in [-0.4, -0.2) is 77.2 Å². The third-order valence-electron chi connectivity index (χ3n) is 10.3. The monoisotopic (exact) mass is 676 g/mol. The first-order valence-corrected chi connectivity index (χ1v) is 16.7. The first kappa shape index (κ1) is 34.5. The molecule has 0 radical (unpaired) electrons. The van der Waals surface area contributed by atoms with Gasteiger partial charge in [0.1, 0.15) is 33.5 Å². The Hall–Kier alpha value is -2.86. The summed E-state index contributed by atoms with van der Waals surface area (Å²) in [6.07, 6.45) is 5.26. The van der Waals surface area contributed by atoms with Crippen LogP contribution < -0.4 is 16.0 Å². The summed E-state index contributed by atoms with van der Waals surface area (Å²) in [7, 11) is 0. The van der Waals surface area contributed by atoms with Gasteiger partial charge in [0.15, 0.2) is 0 Å². The topological polar surface area (TPSA) is 125 Å². The molecule has 13 heteroatoms. The van der Waals surface area contributed by atoms with E-state index < -0.39 is 52.7 Å². The van der Waals surface area contributed by atoms with Crippen LogP contribution in [0.15, 0.2) is 40.8 Å². The molecule has 3 N–H and O–H groups in total. The molecule has 1 saturated carbocycles. The van der Waals surface area contributed by atoms with Crippen LogP contribution in [-0.2, 0) is 24.5 Å². The minimum atomic E-state index is -1.52. The molecular formula is C33H43Cl2FN6O4. The highest BCUT2D eigenvalue weighted by Gasteiger charge is 2.73. The van der Waals surface area contributed by atoms with Gasteiger partial charge < -0.3 is 20.3 Å². The van der Waals surface area contributed by atoms with E-state index >= 15 is 4.39 Å². The Morgan fingerprint density at radius 3 is 2.52 bits per heavy atom. The van der Waals surface area contributed by atoms with Gasteiger partial charge in [0.2, 0.25) is 11.8 Å². The molecule has 0 aromatic carbocycles. The van der Waals surface area contributed by atoms with E-state index in [1.165, 1.54) is 6.21 Å². The molecule has 2 spiro atoms. The highest BCUT2D eigenvalue weighted by Crippen LogP contribution is 2.62. The molecule has 5 rings (SSSR count). The lowest BCUT2D eigenvalue weighted by molar-refractivity contribution is -0.147. The Balaban J connectivity index is 1.52. The largest absolute Gasteiger partial charge is 0.366 e. The number of likely N-dealkylation sites (N-methyl/N-ethyl adjacent to an activating group) is 1. The Morgan fingerprint density at radius 1 is 1.22 bits per heavy atom. The summed E-state index contributed by atoms with van der Waals surface area (Å²) < 4.78 is 22.7. The molecule has 5 atom stereocenters. The Bertz CT molecular complexity index is 1450. The minimum absolute atomic E-state index is 0.000410. The molecule has 3 aliphatic heterocycles. The van der Waals surface area contributed by atoms with Crippen molar-refractivity contribution < 1.29 is 23.5 Å². The van der Waals surface area contributed by atoms with E-state index in [9.17, 15) is 14.4 Å². The smallest absolute Gasteiger partial charge is 0.251 e. The zero-order chi connectivity index (χ0) is 33.4. The summed E-state index contributed by atoms with van der Waals surface area (Å²) in [5.41, 5.74) is -1.99. The Labute approximate surface area is 279 Å². The molecule has 4 aliphatic rings. The fraction of sp³-hybridized carbons (Fsp3) is 0.606. The van der Waals surface area contributed by atoms with E-state index in [-0.39, 0.29) is 34.1 Å². The number of nitrogens with one attached hydrogen (secondary N) is 3. The number of ether oxygens (including phenoxy) is 1. The molecule has 1 aromatic rings. The second-order valence-electron chi connectivity index (χ2n) is 13.5. The van der Waals surface area contributed by atoms with E-state index in [1.807, 2.05) is 13.8 Å². The quantitative estimate of drug-likeness (QED) is 0.202. The zero-order valence-electron chi connectivity index (χ0n) is 26.8. The lowest BCUT2D eigenvalue weighted by Crippen LogP contribution is -2.62. The number of carbonyl (C=O) groups is 3. The van der Waals surface area contributed by atoms with Crippen molar-refractivity contribution in [2.24, 2.45) is 16.3 Å². The molecule has 250 valence electrons. The molecule has 2 saturated heterocycles. The van der Waals surface area contributed by atoms with Gasteiger partial charge in [-0.3, -0.25) is 19.7 Å². The number of anilines is 1. The number of aromatic nitrogens is 1. The first-order valence-electron chi connectivity index (χ1n) is 16.0. The maximum absolute atomic E-state index is 16.7. The van der Waals surface area contributed by atoms with Gasteiger partial charge in [0, 0.05) is 30.4 Å². The normalized spacial score (nSPS) is 30.0. The van der Waals surface area contributed by atoms with Crippen molar-refractivity contribution in [2.45, 2.75) is 95.4 Å². The Morgan fingerprint density at radius 2 is 1.91 bits per heavy atom. The predicted molar refractivity (Wildman–Crippen MR) is 176 cm³/mol. The number of fused-ring (bicyclic) bond motifs is 3. The third kappa shape index (κ3) is 6.11. The van der Waals surface area contributed by atoms with Gasteiger partial charge in [-0.05, 0) is 69.9 Å². The molecule has 0 unspecified atom stereocenters. The Kier molecular flexibility index (Phi) is 9.99. The first-order chi connectivity index (χ1) is 21.8. The zero-order valence-corrected chi connectivity index (χ0v) is 28.3. The van der Waals surface area contributed by atoms with Gasteiger partial charge in [0.25, 0.3) is 5.91 Å². The van der Waals surface area contributed by atoms with Crippen molar-refractivity contribution in [3.05, 3.63) is 46.5 Å². The van der Waals surface area contributed by atoms with Crippen molar-refractivity contribution in [3.8, 4) is 0 Å². The molecule has 10 nitrogen and oxygen atoms in total. The van der Waals surface area contributed by atoms with Gasteiger partial charge in [-0.2, -0.15) is 0 Å². The number of pyridine rings is 1. The summed E-state index contributed by atoms with van der Waals surface area (Å²) in [5, 5.41) is 9.60. The molecule has 1 aromatic heterocycles. The van der Waals surface area contributed by atoms with Crippen LogP contribution in [0.2, 0.25) is 5.15 Å². The van der Waals surface area contributed by atoms with Gasteiger partial charge in [-0.25, -0.2) is 14.4 Å². The highest BCUT2D eigenvalue weighted by molar-refractivity contribution is 6.30. The van der Waals surface area contributed by atoms with Crippen LogP contribution in [0, 0.1) is 11.3 Å². The van der Waals surface area contributed by atoms with Crippen LogP contribution in [0.25, 0.3) is 0 Å². The van der Waals surface area contributed by atoms with Gasteiger partial charge in [0.05, 0.1) is 24.6 Å². The molecule has 4 heterocycles. The van der Waals surface area contributed by atoms with E-state index in [1.54, 1.807) is 17.0 Å². The highest BCUT2D eigenvalue weighted by atomic mass is 35.5. The number of hydrogen-bond donors (Lipinski definition) is 3. The van der Waals surface area contributed by atoms with Crippen molar-refractivity contribution in [1.82, 2.24) is 20.5 Å².